The SMILES string of the molecule is COc1ccc2c(c1)CCCC(C(C)N1CC(COOI)C(OC(=O)CCC(=O)NC3CCCCCCC3)C1)=C2. The van der Waals surface area contributed by atoms with Gasteiger partial charge in [-0.1, -0.05) is 49.8 Å². The number of nitrogens with one attached hydrogen (secondary N) is 1. The lowest BCUT2D eigenvalue weighted by Gasteiger charge is -2.26. The highest BCUT2D eigenvalue weighted by Gasteiger charge is 2.38. The molecule has 1 N–H and O–H groups in total. The Hall–Kier alpha value is -1.69. The lowest BCUT2D eigenvalue weighted by molar-refractivity contribution is -0.186. The van der Waals surface area contributed by atoms with Crippen molar-refractivity contribution >= 4 is 41.0 Å². The second-order valence-corrected chi connectivity index (χ2v) is 11.9. The summed E-state index contributed by atoms with van der Waals surface area (Å²) in [6.07, 6.45) is 13.5. The molecular formula is C31H45IN2O6. The van der Waals surface area contributed by atoms with Crippen molar-refractivity contribution in [1.82, 2.24) is 10.2 Å². The first kappa shape index (κ1) is 31.3. The number of amides is 1. The number of ether oxygens (including phenoxy) is 2. The second-order valence-electron chi connectivity index (χ2n) is 11.5. The maximum absolute atomic E-state index is 12.8. The minimum atomic E-state index is -0.329. The predicted molar refractivity (Wildman–Crippen MR) is 163 cm³/mol. The van der Waals surface area contributed by atoms with Crippen LogP contribution in [0.4, 0.5) is 0 Å². The number of benzene rings is 1. The zero-order valence-corrected chi connectivity index (χ0v) is 26.2. The largest absolute Gasteiger partial charge is 0.497 e. The predicted octanol–water partition coefficient (Wildman–Crippen LogP) is 5.95. The normalized spacial score (nSPS) is 23.2. The van der Waals surface area contributed by atoms with Crippen molar-refractivity contribution in [2.75, 3.05) is 26.8 Å². The summed E-state index contributed by atoms with van der Waals surface area (Å²) in [7, 11) is 1.70. The van der Waals surface area contributed by atoms with E-state index in [0.717, 1.165) is 57.2 Å². The van der Waals surface area contributed by atoms with Crippen molar-refractivity contribution in [2.24, 2.45) is 5.92 Å². The summed E-state index contributed by atoms with van der Waals surface area (Å²) in [6, 6.07) is 6.73. The molecular weight excluding hydrogens is 623 g/mol. The Morgan fingerprint density at radius 1 is 1.05 bits per heavy atom. The molecule has 1 amide bonds. The average Bonchev–Trinajstić information content (AvgIpc) is 3.20. The molecule has 3 atom stereocenters. The van der Waals surface area contributed by atoms with Gasteiger partial charge in [-0.2, -0.15) is 3.22 Å². The van der Waals surface area contributed by atoms with Crippen molar-refractivity contribution in [3.05, 3.63) is 34.9 Å². The minimum absolute atomic E-state index is 0.00663. The molecule has 1 saturated carbocycles. The molecule has 9 heteroatoms. The number of rotatable bonds is 11. The fraction of sp³-hybridized carbons (Fsp3) is 0.677. The number of methoxy groups -OCH3 is 1. The molecule has 2 aliphatic carbocycles. The number of halogens is 1. The molecule has 1 saturated heterocycles. The summed E-state index contributed by atoms with van der Waals surface area (Å²) in [5.74, 6) is 0.503. The molecule has 3 aliphatic rings. The average molecular weight is 669 g/mol. The van der Waals surface area contributed by atoms with Crippen LogP contribution >= 0.6 is 23.0 Å². The Labute approximate surface area is 253 Å². The molecule has 222 valence electrons. The second kappa shape index (κ2) is 16.1. The molecule has 8 nitrogen and oxygen atoms in total. The number of hydrogen-bond donors (Lipinski definition) is 1. The summed E-state index contributed by atoms with van der Waals surface area (Å²) in [6.45, 7) is 3.95. The Kier molecular flexibility index (Phi) is 12.6. The first-order valence-electron chi connectivity index (χ1n) is 15.0. The Morgan fingerprint density at radius 2 is 1.82 bits per heavy atom. The van der Waals surface area contributed by atoms with Gasteiger partial charge in [0, 0.05) is 37.5 Å². The molecule has 1 aliphatic heterocycles. The third-order valence-corrected chi connectivity index (χ3v) is 8.99. The molecule has 3 unspecified atom stereocenters. The smallest absolute Gasteiger partial charge is 0.306 e. The summed E-state index contributed by atoms with van der Waals surface area (Å²) >= 11 is 1.71. The van der Waals surface area contributed by atoms with Crippen molar-refractivity contribution in [3.63, 3.8) is 0 Å². The molecule has 2 fully saturated rings. The van der Waals surface area contributed by atoms with E-state index < -0.39 is 0 Å². The number of carbonyl (C=O) groups excluding carboxylic acids is 2. The van der Waals surface area contributed by atoms with E-state index in [1.807, 2.05) is 6.07 Å². The molecule has 0 aromatic heterocycles. The zero-order chi connectivity index (χ0) is 28.3. The van der Waals surface area contributed by atoms with E-state index >= 15 is 0 Å². The van der Waals surface area contributed by atoms with Gasteiger partial charge in [0.2, 0.25) is 5.91 Å². The quantitative estimate of drug-likeness (QED) is 0.135. The number of carbonyl (C=O) groups is 2. The molecule has 0 bridgehead atoms. The van der Waals surface area contributed by atoms with Crippen LogP contribution in [0.3, 0.4) is 0 Å². The van der Waals surface area contributed by atoms with Crippen LogP contribution in [0.15, 0.2) is 23.8 Å². The molecule has 0 spiro atoms. The van der Waals surface area contributed by atoms with Crippen molar-refractivity contribution in [2.45, 2.75) is 102 Å². The molecule has 1 aromatic carbocycles. The van der Waals surface area contributed by atoms with Crippen LogP contribution in [0.25, 0.3) is 6.08 Å². The van der Waals surface area contributed by atoms with Crippen LogP contribution in [-0.4, -0.2) is 61.8 Å². The molecule has 1 aromatic rings. The number of esters is 1. The lowest BCUT2D eigenvalue weighted by atomic mass is 9.96. The van der Waals surface area contributed by atoms with Crippen LogP contribution in [-0.2, 0) is 28.9 Å². The number of nitrogens with zero attached hydrogens (tertiary/aromatic N) is 1. The fourth-order valence-corrected chi connectivity index (χ4v) is 6.47. The highest BCUT2D eigenvalue weighted by atomic mass is 127. The standard InChI is InChI=1S/C31H45IN2O6/c1-22(23-9-8-10-24-18-28(37-2)14-13-25(24)17-23)34-19-26(21-38-40-32)29(20-34)39-31(36)16-15-30(35)33-27-11-6-4-3-5-7-12-27/h13-14,17-18,22,26-27,29H,3-12,15-16,19-21H2,1-2H3,(H,33,35). The highest BCUT2D eigenvalue weighted by Crippen LogP contribution is 2.32. The van der Waals surface area contributed by atoms with Crippen molar-refractivity contribution < 1.29 is 27.2 Å². The third kappa shape index (κ3) is 9.16. The molecule has 1 heterocycles. The number of hydrogen-bond acceptors (Lipinski definition) is 7. The molecule has 4 rings (SSSR count). The minimum Gasteiger partial charge on any atom is -0.497 e. The first-order valence-corrected chi connectivity index (χ1v) is 15.9. The van der Waals surface area contributed by atoms with Gasteiger partial charge in [0.15, 0.2) is 23.0 Å². The van der Waals surface area contributed by atoms with E-state index in [1.54, 1.807) is 30.1 Å². The van der Waals surface area contributed by atoms with Crippen LogP contribution in [0.2, 0.25) is 0 Å². The van der Waals surface area contributed by atoms with Crippen LogP contribution in [0, 0.1) is 5.92 Å². The number of aryl methyl sites for hydroxylation is 1. The van der Waals surface area contributed by atoms with Gasteiger partial charge in [-0.05, 0) is 62.3 Å². The Morgan fingerprint density at radius 3 is 2.58 bits per heavy atom. The summed E-state index contributed by atoms with van der Waals surface area (Å²) in [5.41, 5.74) is 3.95. The zero-order valence-electron chi connectivity index (χ0n) is 24.0. The van der Waals surface area contributed by atoms with E-state index in [4.69, 9.17) is 17.6 Å². The van der Waals surface area contributed by atoms with Gasteiger partial charge in [0.1, 0.15) is 11.9 Å². The van der Waals surface area contributed by atoms with Gasteiger partial charge in [-0.25, -0.2) is 4.89 Å². The Balaban J connectivity index is 1.32. The van der Waals surface area contributed by atoms with Gasteiger partial charge in [-0.3, -0.25) is 14.5 Å². The van der Waals surface area contributed by atoms with E-state index in [9.17, 15) is 9.59 Å². The van der Waals surface area contributed by atoms with Crippen LogP contribution in [0.1, 0.15) is 88.7 Å². The van der Waals surface area contributed by atoms with Crippen molar-refractivity contribution in [1.29, 1.82) is 0 Å². The maximum Gasteiger partial charge on any atom is 0.306 e. The van der Waals surface area contributed by atoms with Gasteiger partial charge >= 0.3 is 5.97 Å². The van der Waals surface area contributed by atoms with Crippen molar-refractivity contribution in [3.8, 4) is 5.75 Å². The maximum atomic E-state index is 12.8. The van der Waals surface area contributed by atoms with E-state index in [-0.39, 0.29) is 48.8 Å². The van der Waals surface area contributed by atoms with E-state index in [2.05, 4.69) is 35.3 Å². The van der Waals surface area contributed by atoms with Gasteiger partial charge < -0.3 is 14.8 Å². The monoisotopic (exact) mass is 668 g/mol. The topological polar surface area (TPSA) is 86.3 Å². The summed E-state index contributed by atoms with van der Waals surface area (Å²) in [4.78, 5) is 33.0. The lowest BCUT2D eigenvalue weighted by Crippen LogP contribution is -2.36. The Bertz CT molecular complexity index is 1010. The summed E-state index contributed by atoms with van der Waals surface area (Å²) in [5, 5.41) is 3.14. The van der Waals surface area contributed by atoms with E-state index in [1.165, 1.54) is 36.0 Å². The van der Waals surface area contributed by atoms with E-state index in [0.29, 0.717) is 13.2 Å². The van der Waals surface area contributed by atoms with Crippen LogP contribution < -0.4 is 10.1 Å². The molecule has 0 radical (unpaired) electrons. The van der Waals surface area contributed by atoms with Crippen LogP contribution in [0.5, 0.6) is 5.75 Å². The summed E-state index contributed by atoms with van der Waals surface area (Å²) < 4.78 is 16.2. The number of fused-ring (bicyclic) bond motifs is 1. The highest BCUT2D eigenvalue weighted by molar-refractivity contribution is 14.1. The fourth-order valence-electron chi connectivity index (χ4n) is 6.33. The van der Waals surface area contributed by atoms with Gasteiger partial charge in [0.25, 0.3) is 0 Å². The third-order valence-electron chi connectivity index (χ3n) is 8.73. The van der Waals surface area contributed by atoms with Gasteiger partial charge in [0.05, 0.1) is 20.1 Å². The number of likely N-dealkylation sites (tertiary alicyclic amines) is 1. The first-order chi connectivity index (χ1) is 19.5. The van der Waals surface area contributed by atoms with Gasteiger partial charge in [-0.15, -0.1) is 0 Å². The molecule has 40 heavy (non-hydrogen) atoms.